The van der Waals surface area contributed by atoms with Gasteiger partial charge in [-0.2, -0.15) is 12.6 Å². The van der Waals surface area contributed by atoms with E-state index in [-0.39, 0.29) is 5.56 Å². The topological polar surface area (TPSA) is 46.5 Å². The van der Waals surface area contributed by atoms with Crippen LogP contribution < -0.4 is 4.74 Å². The summed E-state index contributed by atoms with van der Waals surface area (Å²) < 4.78 is 5.02. The second-order valence-electron chi connectivity index (χ2n) is 2.99. The lowest BCUT2D eigenvalue weighted by Gasteiger charge is -2.03. The molecule has 1 aromatic carbocycles. The summed E-state index contributed by atoms with van der Waals surface area (Å²) in [5, 5.41) is 8.96. The van der Waals surface area contributed by atoms with Gasteiger partial charge < -0.3 is 9.84 Å². The summed E-state index contributed by atoms with van der Waals surface area (Å²) in [4.78, 5) is 10.9. The first-order valence-corrected chi connectivity index (χ1v) is 5.33. The minimum absolute atomic E-state index is 0.187. The third-order valence-corrected chi connectivity index (χ3v) is 2.14. The van der Waals surface area contributed by atoms with E-state index in [2.05, 4.69) is 24.5 Å². The van der Waals surface area contributed by atoms with Crippen molar-refractivity contribution in [2.24, 2.45) is 0 Å². The Morgan fingerprint density at radius 2 is 2.31 bits per heavy atom. The summed E-state index contributed by atoms with van der Waals surface area (Å²) >= 11 is 4.03. The van der Waals surface area contributed by atoms with Crippen LogP contribution in [0.25, 0.3) is 0 Å². The standard InChI is InChI=1S/C12H12O3S/c1-15-10-5-6-11(12(13)14)9(8-10)4-2-3-7-16/h5-6,8,16H,3,7H2,1H3,(H,13,14). The lowest BCUT2D eigenvalue weighted by molar-refractivity contribution is 0.0696. The highest BCUT2D eigenvalue weighted by molar-refractivity contribution is 7.80. The van der Waals surface area contributed by atoms with Gasteiger partial charge in [-0.05, 0) is 18.2 Å². The van der Waals surface area contributed by atoms with Gasteiger partial charge in [0.15, 0.2) is 0 Å². The number of thiol groups is 1. The van der Waals surface area contributed by atoms with Gasteiger partial charge in [-0.1, -0.05) is 11.8 Å². The van der Waals surface area contributed by atoms with E-state index in [4.69, 9.17) is 9.84 Å². The number of carboxylic acid groups (broad SMARTS) is 1. The van der Waals surface area contributed by atoms with Crippen LogP contribution in [0.4, 0.5) is 0 Å². The van der Waals surface area contributed by atoms with E-state index in [1.165, 1.54) is 13.2 Å². The summed E-state index contributed by atoms with van der Waals surface area (Å²) in [6, 6.07) is 4.72. The molecule has 0 saturated heterocycles. The molecule has 0 spiro atoms. The fraction of sp³-hybridized carbons (Fsp3) is 0.250. The van der Waals surface area contributed by atoms with E-state index in [1.54, 1.807) is 12.1 Å². The maximum atomic E-state index is 10.9. The molecule has 16 heavy (non-hydrogen) atoms. The summed E-state index contributed by atoms with van der Waals surface area (Å²) in [6.45, 7) is 0. The summed E-state index contributed by atoms with van der Waals surface area (Å²) in [5.74, 6) is 5.92. The van der Waals surface area contributed by atoms with E-state index in [1.807, 2.05) is 0 Å². The molecule has 84 valence electrons. The fourth-order valence-electron chi connectivity index (χ4n) is 1.15. The van der Waals surface area contributed by atoms with E-state index in [0.29, 0.717) is 23.5 Å². The van der Waals surface area contributed by atoms with Crippen LogP contribution in [0.1, 0.15) is 22.3 Å². The van der Waals surface area contributed by atoms with Crippen LogP contribution in [0.2, 0.25) is 0 Å². The van der Waals surface area contributed by atoms with Crippen LogP contribution in [0, 0.1) is 11.8 Å². The predicted molar refractivity (Wildman–Crippen MR) is 65.3 cm³/mol. The molecule has 0 aliphatic heterocycles. The van der Waals surface area contributed by atoms with Gasteiger partial charge in [0.1, 0.15) is 5.75 Å². The molecule has 0 radical (unpaired) electrons. The van der Waals surface area contributed by atoms with Crippen molar-refractivity contribution in [3.63, 3.8) is 0 Å². The number of carbonyl (C=O) groups is 1. The molecule has 0 aromatic heterocycles. The van der Waals surface area contributed by atoms with E-state index in [0.717, 1.165) is 0 Å². The second-order valence-corrected chi connectivity index (χ2v) is 3.44. The van der Waals surface area contributed by atoms with E-state index >= 15 is 0 Å². The maximum absolute atomic E-state index is 10.9. The molecule has 0 aliphatic rings. The number of carboxylic acids is 1. The van der Waals surface area contributed by atoms with Crippen LogP contribution in [0.5, 0.6) is 5.75 Å². The zero-order chi connectivity index (χ0) is 12.0. The number of hydrogen-bond acceptors (Lipinski definition) is 3. The van der Waals surface area contributed by atoms with Gasteiger partial charge in [0.2, 0.25) is 0 Å². The quantitative estimate of drug-likeness (QED) is 0.624. The summed E-state index contributed by atoms with van der Waals surface area (Å²) in [7, 11) is 1.53. The Kier molecular flexibility index (Phi) is 4.74. The smallest absolute Gasteiger partial charge is 0.336 e. The molecule has 3 nitrogen and oxygen atoms in total. The molecule has 0 aliphatic carbocycles. The number of ether oxygens (including phenoxy) is 1. The first-order valence-electron chi connectivity index (χ1n) is 4.70. The lowest BCUT2D eigenvalue weighted by Crippen LogP contribution is -2.00. The van der Waals surface area contributed by atoms with Crippen molar-refractivity contribution < 1.29 is 14.6 Å². The lowest BCUT2D eigenvalue weighted by atomic mass is 10.1. The van der Waals surface area contributed by atoms with E-state index in [9.17, 15) is 4.79 Å². The molecule has 0 amide bonds. The monoisotopic (exact) mass is 236 g/mol. The van der Waals surface area contributed by atoms with Crippen LogP contribution in [-0.4, -0.2) is 23.9 Å². The number of rotatable bonds is 3. The molecule has 0 fully saturated rings. The average Bonchev–Trinajstić information content (AvgIpc) is 2.29. The SMILES string of the molecule is COc1ccc(C(=O)O)c(C#CCCS)c1. The highest BCUT2D eigenvalue weighted by atomic mass is 32.1. The van der Waals surface area contributed by atoms with Crippen molar-refractivity contribution in [3.05, 3.63) is 29.3 Å². The highest BCUT2D eigenvalue weighted by Crippen LogP contribution is 2.17. The van der Waals surface area contributed by atoms with Crippen molar-refractivity contribution >= 4 is 18.6 Å². The van der Waals surface area contributed by atoms with Crippen LogP contribution in [0.3, 0.4) is 0 Å². The molecular formula is C12H12O3S. The Balaban J connectivity index is 3.11. The van der Waals surface area contributed by atoms with Crippen molar-refractivity contribution in [1.82, 2.24) is 0 Å². The minimum atomic E-state index is -0.988. The van der Waals surface area contributed by atoms with Gasteiger partial charge in [0.25, 0.3) is 0 Å². The summed E-state index contributed by atoms with van der Waals surface area (Å²) in [5.41, 5.74) is 0.654. The molecule has 4 heteroatoms. The molecule has 0 atom stereocenters. The van der Waals surface area contributed by atoms with Crippen molar-refractivity contribution in [1.29, 1.82) is 0 Å². The highest BCUT2D eigenvalue weighted by Gasteiger charge is 2.08. The molecular weight excluding hydrogens is 224 g/mol. The fourth-order valence-corrected chi connectivity index (χ4v) is 1.27. The largest absolute Gasteiger partial charge is 0.497 e. The minimum Gasteiger partial charge on any atom is -0.497 e. The van der Waals surface area contributed by atoms with Crippen molar-refractivity contribution in [3.8, 4) is 17.6 Å². The van der Waals surface area contributed by atoms with Gasteiger partial charge in [-0.15, -0.1) is 0 Å². The van der Waals surface area contributed by atoms with Crippen LogP contribution >= 0.6 is 12.6 Å². The molecule has 0 unspecified atom stereocenters. The zero-order valence-corrected chi connectivity index (χ0v) is 9.75. The third-order valence-electron chi connectivity index (χ3n) is 1.92. The number of hydrogen-bond donors (Lipinski definition) is 2. The Morgan fingerprint density at radius 1 is 1.56 bits per heavy atom. The van der Waals surface area contributed by atoms with Crippen LogP contribution in [0.15, 0.2) is 18.2 Å². The van der Waals surface area contributed by atoms with Gasteiger partial charge in [0.05, 0.1) is 12.7 Å². The molecule has 1 aromatic rings. The number of benzene rings is 1. The van der Waals surface area contributed by atoms with Crippen molar-refractivity contribution in [2.75, 3.05) is 12.9 Å². The van der Waals surface area contributed by atoms with Gasteiger partial charge >= 0.3 is 5.97 Å². The average molecular weight is 236 g/mol. The van der Waals surface area contributed by atoms with Crippen molar-refractivity contribution in [2.45, 2.75) is 6.42 Å². The van der Waals surface area contributed by atoms with Gasteiger partial charge in [-0.3, -0.25) is 0 Å². The Hall–Kier alpha value is -1.60. The Morgan fingerprint density at radius 3 is 2.88 bits per heavy atom. The summed E-state index contributed by atoms with van der Waals surface area (Å²) in [6.07, 6.45) is 0.624. The number of aromatic carboxylic acids is 1. The Labute approximate surface area is 99.8 Å². The second kappa shape index (κ2) is 6.09. The zero-order valence-electron chi connectivity index (χ0n) is 8.86. The van der Waals surface area contributed by atoms with E-state index < -0.39 is 5.97 Å². The predicted octanol–water partition coefficient (Wildman–Crippen LogP) is 2.06. The third kappa shape index (κ3) is 3.21. The van der Waals surface area contributed by atoms with Gasteiger partial charge in [-0.25, -0.2) is 4.79 Å². The van der Waals surface area contributed by atoms with Gasteiger partial charge in [0, 0.05) is 17.7 Å². The molecule has 0 saturated carbocycles. The first-order chi connectivity index (χ1) is 7.69. The molecule has 0 heterocycles. The molecule has 0 bridgehead atoms. The first kappa shape index (κ1) is 12.5. The molecule has 1 N–H and O–H groups in total. The van der Waals surface area contributed by atoms with Crippen LogP contribution in [-0.2, 0) is 0 Å². The number of methoxy groups -OCH3 is 1. The maximum Gasteiger partial charge on any atom is 0.336 e. The normalized spacial score (nSPS) is 9.12. The Bertz CT molecular complexity index is 443. The molecule has 1 rings (SSSR count).